The first-order chi connectivity index (χ1) is 14.1. The van der Waals surface area contributed by atoms with Crippen molar-refractivity contribution in [1.29, 1.82) is 0 Å². The Kier molecular flexibility index (Phi) is 11.3. The zero-order valence-electron chi connectivity index (χ0n) is 18.7. The first kappa shape index (κ1) is 23.9. The van der Waals surface area contributed by atoms with E-state index in [4.69, 9.17) is 4.74 Å². The van der Waals surface area contributed by atoms with Gasteiger partial charge in [-0.05, 0) is 36.3 Å². The number of carbonyl (C=O) groups is 1. The number of aryl methyl sites for hydroxylation is 1. The van der Waals surface area contributed by atoms with E-state index in [1.54, 1.807) is 12.1 Å². The molecule has 2 nitrogen and oxygen atoms in total. The molecule has 29 heavy (non-hydrogen) atoms. The third-order valence-corrected chi connectivity index (χ3v) is 6.46. The van der Waals surface area contributed by atoms with Crippen LogP contribution in [0.4, 0.5) is 4.39 Å². The third kappa shape index (κ3) is 9.31. The number of carbonyl (C=O) groups excluding carboxylic acids is 1. The summed E-state index contributed by atoms with van der Waals surface area (Å²) in [5.74, 6) is 1.36. The number of unbranched alkanes of at least 4 members (excludes halogenated alkanes) is 5. The van der Waals surface area contributed by atoms with E-state index in [-0.39, 0.29) is 11.8 Å². The summed E-state index contributed by atoms with van der Waals surface area (Å²) in [6.07, 6.45) is 17.7. The molecule has 0 aliphatic heterocycles. The number of benzene rings is 1. The van der Waals surface area contributed by atoms with Gasteiger partial charge in [0.1, 0.15) is 11.6 Å². The van der Waals surface area contributed by atoms with E-state index >= 15 is 0 Å². The molecule has 1 saturated carbocycles. The zero-order valence-corrected chi connectivity index (χ0v) is 18.7. The second kappa shape index (κ2) is 13.8. The molecular weight excluding hydrogens is 363 g/mol. The monoisotopic (exact) mass is 404 g/mol. The summed E-state index contributed by atoms with van der Waals surface area (Å²) in [6.45, 7) is 4.29. The lowest BCUT2D eigenvalue weighted by Crippen LogP contribution is -2.17. The van der Waals surface area contributed by atoms with Crippen LogP contribution in [0.15, 0.2) is 18.2 Å². The van der Waals surface area contributed by atoms with E-state index in [9.17, 15) is 9.18 Å². The van der Waals surface area contributed by atoms with Crippen LogP contribution in [0, 0.1) is 17.7 Å². The average Bonchev–Trinajstić information content (AvgIpc) is 2.72. The van der Waals surface area contributed by atoms with Gasteiger partial charge in [0.05, 0.1) is 0 Å². The molecule has 0 heterocycles. The van der Waals surface area contributed by atoms with Gasteiger partial charge in [0, 0.05) is 12.5 Å². The number of ether oxygens (including phenoxy) is 1. The molecule has 1 aromatic carbocycles. The van der Waals surface area contributed by atoms with Gasteiger partial charge in [-0.15, -0.1) is 0 Å². The van der Waals surface area contributed by atoms with Crippen LogP contribution in [0.2, 0.25) is 0 Å². The van der Waals surface area contributed by atoms with Crippen molar-refractivity contribution in [1.82, 2.24) is 0 Å². The lowest BCUT2D eigenvalue weighted by Gasteiger charge is -2.28. The third-order valence-electron chi connectivity index (χ3n) is 6.46. The largest absolute Gasteiger partial charge is 0.426 e. The Hall–Kier alpha value is -1.38. The Morgan fingerprint density at radius 2 is 1.59 bits per heavy atom. The predicted molar refractivity (Wildman–Crippen MR) is 119 cm³/mol. The van der Waals surface area contributed by atoms with Gasteiger partial charge in [0.25, 0.3) is 0 Å². The molecule has 0 saturated heterocycles. The van der Waals surface area contributed by atoms with Gasteiger partial charge in [0.15, 0.2) is 0 Å². The Bertz CT molecular complexity index is 590. The van der Waals surface area contributed by atoms with Crippen LogP contribution in [0.3, 0.4) is 0 Å². The van der Waals surface area contributed by atoms with Crippen LogP contribution in [0.25, 0.3) is 0 Å². The summed E-state index contributed by atoms with van der Waals surface area (Å²) in [5.41, 5.74) is 0.685. The minimum Gasteiger partial charge on any atom is -0.426 e. The molecule has 2 rings (SSSR count). The number of rotatable bonds is 13. The van der Waals surface area contributed by atoms with E-state index in [1.807, 2.05) is 6.92 Å². The Morgan fingerprint density at radius 3 is 2.24 bits per heavy atom. The SMILES string of the molecule is CCCCCCCCC1CCC(CCC(=O)Oc2ccc(CCC)c(F)c2)CC1. The summed E-state index contributed by atoms with van der Waals surface area (Å²) < 4.78 is 19.3. The average molecular weight is 405 g/mol. The quantitative estimate of drug-likeness (QED) is 0.189. The molecule has 1 fully saturated rings. The Morgan fingerprint density at radius 1 is 0.931 bits per heavy atom. The fourth-order valence-corrected chi connectivity index (χ4v) is 4.59. The molecule has 0 spiro atoms. The highest BCUT2D eigenvalue weighted by molar-refractivity contribution is 5.72. The van der Waals surface area contributed by atoms with E-state index < -0.39 is 0 Å². The highest BCUT2D eigenvalue weighted by Gasteiger charge is 2.21. The number of halogens is 1. The van der Waals surface area contributed by atoms with Crippen molar-refractivity contribution in [3.63, 3.8) is 0 Å². The summed E-state index contributed by atoms with van der Waals surface area (Å²) in [5, 5.41) is 0. The van der Waals surface area contributed by atoms with Crippen molar-refractivity contribution in [3.05, 3.63) is 29.6 Å². The maximum Gasteiger partial charge on any atom is 0.311 e. The van der Waals surface area contributed by atoms with Crippen LogP contribution >= 0.6 is 0 Å². The zero-order chi connectivity index (χ0) is 20.9. The predicted octanol–water partition coefficient (Wildman–Crippen LogP) is 8.02. The van der Waals surface area contributed by atoms with Crippen LogP contribution in [-0.2, 0) is 11.2 Å². The van der Waals surface area contributed by atoms with E-state index in [2.05, 4.69) is 6.92 Å². The minimum atomic E-state index is -0.277. The summed E-state index contributed by atoms with van der Waals surface area (Å²) >= 11 is 0. The number of esters is 1. The first-order valence-electron chi connectivity index (χ1n) is 12.1. The number of hydrogen-bond donors (Lipinski definition) is 0. The van der Waals surface area contributed by atoms with Crippen molar-refractivity contribution in [2.75, 3.05) is 0 Å². The Balaban J connectivity index is 1.59. The van der Waals surface area contributed by atoms with Crippen molar-refractivity contribution in [2.24, 2.45) is 11.8 Å². The fraction of sp³-hybridized carbons (Fsp3) is 0.731. The molecule has 164 valence electrons. The molecule has 3 heteroatoms. The molecule has 1 aliphatic carbocycles. The van der Waals surface area contributed by atoms with Crippen LogP contribution in [-0.4, -0.2) is 5.97 Å². The van der Waals surface area contributed by atoms with Crippen molar-refractivity contribution in [3.8, 4) is 5.75 Å². The van der Waals surface area contributed by atoms with Crippen LogP contribution in [0.5, 0.6) is 5.75 Å². The minimum absolute atomic E-state index is 0.234. The summed E-state index contributed by atoms with van der Waals surface area (Å²) in [6, 6.07) is 4.78. The van der Waals surface area contributed by atoms with Gasteiger partial charge in [-0.2, -0.15) is 0 Å². The van der Waals surface area contributed by atoms with E-state index in [0.29, 0.717) is 30.1 Å². The highest BCUT2D eigenvalue weighted by atomic mass is 19.1. The molecule has 0 unspecified atom stereocenters. The Labute approximate surface area is 177 Å². The first-order valence-corrected chi connectivity index (χ1v) is 12.1. The van der Waals surface area contributed by atoms with Gasteiger partial charge in [0.2, 0.25) is 0 Å². The van der Waals surface area contributed by atoms with Crippen LogP contribution in [0.1, 0.15) is 109 Å². The highest BCUT2D eigenvalue weighted by Crippen LogP contribution is 2.34. The molecule has 0 atom stereocenters. The van der Waals surface area contributed by atoms with Gasteiger partial charge >= 0.3 is 5.97 Å². The van der Waals surface area contributed by atoms with E-state index in [1.165, 1.54) is 76.7 Å². The fourth-order valence-electron chi connectivity index (χ4n) is 4.59. The summed E-state index contributed by atoms with van der Waals surface area (Å²) in [7, 11) is 0. The molecule has 0 aromatic heterocycles. The van der Waals surface area contributed by atoms with Gasteiger partial charge < -0.3 is 4.74 Å². The second-order valence-electron chi connectivity index (χ2n) is 8.96. The maximum absolute atomic E-state index is 14.0. The molecule has 0 N–H and O–H groups in total. The van der Waals surface area contributed by atoms with Gasteiger partial charge in [-0.3, -0.25) is 4.79 Å². The molecule has 0 radical (unpaired) electrons. The van der Waals surface area contributed by atoms with E-state index in [0.717, 1.165) is 18.8 Å². The lowest BCUT2D eigenvalue weighted by atomic mass is 9.78. The normalized spacial score (nSPS) is 19.3. The maximum atomic E-state index is 14.0. The summed E-state index contributed by atoms with van der Waals surface area (Å²) in [4.78, 5) is 12.1. The molecule has 0 amide bonds. The topological polar surface area (TPSA) is 26.3 Å². The lowest BCUT2D eigenvalue weighted by molar-refractivity contribution is -0.134. The van der Waals surface area contributed by atoms with Gasteiger partial charge in [-0.25, -0.2) is 4.39 Å². The van der Waals surface area contributed by atoms with Crippen molar-refractivity contribution in [2.45, 2.75) is 110 Å². The standard InChI is InChI=1S/C26H41FO2/c1-3-5-6-7-8-9-11-21-12-14-22(15-13-21)16-19-26(28)29-24-18-17-23(10-4-2)25(27)20-24/h17-18,20-22H,3-16,19H2,1-2H3. The van der Waals surface area contributed by atoms with Gasteiger partial charge in [-0.1, -0.05) is 97.0 Å². The molecule has 1 aromatic rings. The molecular formula is C26H41FO2. The second-order valence-corrected chi connectivity index (χ2v) is 8.96. The van der Waals surface area contributed by atoms with Crippen LogP contribution < -0.4 is 4.74 Å². The van der Waals surface area contributed by atoms with Crippen molar-refractivity contribution >= 4 is 5.97 Å². The molecule has 1 aliphatic rings. The van der Waals surface area contributed by atoms with Crippen molar-refractivity contribution < 1.29 is 13.9 Å². The number of hydrogen-bond acceptors (Lipinski definition) is 2. The smallest absolute Gasteiger partial charge is 0.311 e. The molecule has 0 bridgehead atoms.